The number of nitrogen functional groups attached to an aromatic ring is 1. The predicted molar refractivity (Wildman–Crippen MR) is 90.8 cm³/mol. The maximum atomic E-state index is 11.9. The minimum absolute atomic E-state index is 0.0581. The zero-order valence-corrected chi connectivity index (χ0v) is 13.9. The highest BCUT2D eigenvalue weighted by Crippen LogP contribution is 2.26. The molecule has 0 unspecified atom stereocenters. The van der Waals surface area contributed by atoms with Crippen molar-refractivity contribution in [3.63, 3.8) is 0 Å². The van der Waals surface area contributed by atoms with E-state index in [9.17, 15) is 4.79 Å². The highest BCUT2D eigenvalue weighted by molar-refractivity contribution is 6.42. The molecule has 0 saturated heterocycles. The van der Waals surface area contributed by atoms with Crippen LogP contribution in [0.15, 0.2) is 36.4 Å². The number of rotatable bonds is 5. The molecule has 2 aromatic carbocycles. The van der Waals surface area contributed by atoms with Gasteiger partial charge in [-0.2, -0.15) is 0 Å². The van der Waals surface area contributed by atoms with Crippen LogP contribution >= 0.6 is 23.2 Å². The van der Waals surface area contributed by atoms with E-state index >= 15 is 0 Å². The van der Waals surface area contributed by atoms with Crippen molar-refractivity contribution in [3.8, 4) is 5.75 Å². The first kappa shape index (κ1) is 16.7. The highest BCUT2D eigenvalue weighted by atomic mass is 35.5. The molecule has 0 aliphatic carbocycles. The number of ketones is 1. The summed E-state index contributed by atoms with van der Waals surface area (Å²) < 4.78 is 5.67. The third-order valence-corrected chi connectivity index (χ3v) is 3.94. The summed E-state index contributed by atoms with van der Waals surface area (Å²) in [4.78, 5) is 11.9. The number of Topliss-reactive ketones (excluding diaryl/α,β-unsaturated/α-hetero) is 1. The van der Waals surface area contributed by atoms with Gasteiger partial charge in [-0.25, -0.2) is 0 Å². The number of anilines is 1. The zero-order valence-electron chi connectivity index (χ0n) is 12.4. The molecular weight excluding hydrogens is 321 g/mol. The topological polar surface area (TPSA) is 52.3 Å². The third-order valence-electron chi connectivity index (χ3n) is 3.20. The van der Waals surface area contributed by atoms with Gasteiger partial charge >= 0.3 is 0 Å². The lowest BCUT2D eigenvalue weighted by molar-refractivity contribution is 0.0939. The second-order valence-corrected chi connectivity index (χ2v) is 6.12. The number of carbonyl (C=O) groups excluding carboxylic acids is 1. The van der Waals surface area contributed by atoms with Gasteiger partial charge < -0.3 is 10.5 Å². The van der Waals surface area contributed by atoms with E-state index in [0.29, 0.717) is 33.7 Å². The molecule has 0 bridgehead atoms. The van der Waals surface area contributed by atoms with Crippen molar-refractivity contribution in [1.29, 1.82) is 0 Å². The van der Waals surface area contributed by atoms with Gasteiger partial charge in [0, 0.05) is 11.5 Å². The average molecular weight is 338 g/mol. The van der Waals surface area contributed by atoms with E-state index in [2.05, 4.69) is 0 Å². The normalized spacial score (nSPS) is 10.8. The van der Waals surface area contributed by atoms with Gasteiger partial charge in [0.1, 0.15) is 12.4 Å². The molecule has 3 nitrogen and oxygen atoms in total. The standard InChI is InChI=1S/C17H17Cl2NO2/c1-10(2)17(21)12-4-6-16(15(20)8-12)22-9-11-3-5-13(18)14(19)7-11/h3-8,10H,9,20H2,1-2H3. The predicted octanol–water partition coefficient (Wildman–Crippen LogP) is 4.99. The Morgan fingerprint density at radius 1 is 1.14 bits per heavy atom. The van der Waals surface area contributed by atoms with Crippen molar-refractivity contribution in [2.45, 2.75) is 20.5 Å². The maximum absolute atomic E-state index is 11.9. The number of carbonyl (C=O) groups is 1. The molecule has 0 aliphatic rings. The summed E-state index contributed by atoms with van der Waals surface area (Å²) in [6.07, 6.45) is 0. The van der Waals surface area contributed by atoms with Gasteiger partial charge in [-0.1, -0.05) is 43.1 Å². The van der Waals surface area contributed by atoms with Crippen molar-refractivity contribution >= 4 is 34.7 Å². The molecule has 0 radical (unpaired) electrons. The number of halogens is 2. The van der Waals surface area contributed by atoms with Crippen molar-refractivity contribution in [3.05, 3.63) is 57.6 Å². The summed E-state index contributed by atoms with van der Waals surface area (Å²) in [6.45, 7) is 4.03. The van der Waals surface area contributed by atoms with E-state index in [1.165, 1.54) is 0 Å². The Kier molecular flexibility index (Phi) is 5.33. The number of ether oxygens (including phenoxy) is 1. The van der Waals surface area contributed by atoms with Crippen molar-refractivity contribution < 1.29 is 9.53 Å². The van der Waals surface area contributed by atoms with Crippen LogP contribution in [0.4, 0.5) is 5.69 Å². The van der Waals surface area contributed by atoms with E-state index in [4.69, 9.17) is 33.7 Å². The summed E-state index contributed by atoms with van der Waals surface area (Å²) in [5.41, 5.74) is 7.87. The summed E-state index contributed by atoms with van der Waals surface area (Å²) in [5, 5.41) is 0.982. The SMILES string of the molecule is CC(C)C(=O)c1ccc(OCc2ccc(Cl)c(Cl)c2)c(N)c1. The van der Waals surface area contributed by atoms with Gasteiger partial charge in [-0.15, -0.1) is 0 Å². The van der Waals surface area contributed by atoms with Crippen molar-refractivity contribution in [2.24, 2.45) is 5.92 Å². The molecular formula is C17H17Cl2NO2. The van der Waals surface area contributed by atoms with Gasteiger partial charge in [0.05, 0.1) is 15.7 Å². The zero-order chi connectivity index (χ0) is 16.3. The molecule has 2 rings (SSSR count). The van der Waals surface area contributed by atoms with Crippen LogP contribution in [0, 0.1) is 5.92 Å². The molecule has 116 valence electrons. The molecule has 0 amide bonds. The highest BCUT2D eigenvalue weighted by Gasteiger charge is 2.12. The Morgan fingerprint density at radius 3 is 2.45 bits per heavy atom. The smallest absolute Gasteiger partial charge is 0.165 e. The molecule has 2 aromatic rings. The summed E-state index contributed by atoms with van der Waals surface area (Å²) in [6, 6.07) is 10.4. The number of nitrogens with two attached hydrogens (primary N) is 1. The maximum Gasteiger partial charge on any atom is 0.165 e. The molecule has 0 spiro atoms. The lowest BCUT2D eigenvalue weighted by atomic mass is 10.0. The monoisotopic (exact) mass is 337 g/mol. The molecule has 0 heterocycles. The first-order valence-electron chi connectivity index (χ1n) is 6.89. The molecule has 0 aliphatic heterocycles. The van der Waals surface area contributed by atoms with E-state index < -0.39 is 0 Å². The van der Waals surface area contributed by atoms with Gasteiger partial charge in [0.25, 0.3) is 0 Å². The summed E-state index contributed by atoms with van der Waals surface area (Å²) in [5.74, 6) is 0.525. The molecule has 0 saturated carbocycles. The Balaban J connectivity index is 2.10. The number of benzene rings is 2. The molecule has 0 fully saturated rings. The van der Waals surface area contributed by atoms with Crippen LogP contribution in [0.5, 0.6) is 5.75 Å². The van der Waals surface area contributed by atoms with Gasteiger partial charge in [0.15, 0.2) is 5.78 Å². The lowest BCUT2D eigenvalue weighted by Gasteiger charge is -2.11. The second-order valence-electron chi connectivity index (χ2n) is 5.31. The first-order chi connectivity index (χ1) is 10.4. The molecule has 0 aromatic heterocycles. The van der Waals surface area contributed by atoms with Crippen LogP contribution in [0.1, 0.15) is 29.8 Å². The molecule has 22 heavy (non-hydrogen) atoms. The van der Waals surface area contributed by atoms with E-state index in [0.717, 1.165) is 5.56 Å². The largest absolute Gasteiger partial charge is 0.487 e. The van der Waals surface area contributed by atoms with Gasteiger partial charge in [0.2, 0.25) is 0 Å². The van der Waals surface area contributed by atoms with E-state index in [1.54, 1.807) is 30.3 Å². The minimum atomic E-state index is -0.0672. The first-order valence-corrected chi connectivity index (χ1v) is 7.64. The summed E-state index contributed by atoms with van der Waals surface area (Å²) in [7, 11) is 0. The quantitative estimate of drug-likeness (QED) is 0.617. The van der Waals surface area contributed by atoms with Gasteiger partial charge in [-0.05, 0) is 35.9 Å². The van der Waals surface area contributed by atoms with Crippen molar-refractivity contribution in [1.82, 2.24) is 0 Å². The number of hydrogen-bond donors (Lipinski definition) is 1. The Labute approximate surface area is 140 Å². The van der Waals surface area contributed by atoms with Crippen LogP contribution in [-0.2, 0) is 6.61 Å². The lowest BCUT2D eigenvalue weighted by Crippen LogP contribution is -2.08. The molecule has 5 heteroatoms. The van der Waals surface area contributed by atoms with Crippen LogP contribution in [0.3, 0.4) is 0 Å². The third kappa shape index (κ3) is 3.93. The Hall–Kier alpha value is -1.71. The summed E-state index contributed by atoms with van der Waals surface area (Å²) >= 11 is 11.8. The fourth-order valence-corrected chi connectivity index (χ4v) is 2.28. The van der Waals surface area contributed by atoms with Crippen LogP contribution in [0.2, 0.25) is 10.0 Å². The van der Waals surface area contributed by atoms with Crippen LogP contribution in [0.25, 0.3) is 0 Å². The fourth-order valence-electron chi connectivity index (χ4n) is 1.96. The van der Waals surface area contributed by atoms with Crippen molar-refractivity contribution in [2.75, 3.05) is 5.73 Å². The van der Waals surface area contributed by atoms with Crippen LogP contribution < -0.4 is 10.5 Å². The van der Waals surface area contributed by atoms with E-state index in [-0.39, 0.29) is 11.7 Å². The molecule has 0 atom stereocenters. The molecule has 2 N–H and O–H groups in total. The van der Waals surface area contributed by atoms with Crippen LogP contribution in [-0.4, -0.2) is 5.78 Å². The second kappa shape index (κ2) is 7.03. The minimum Gasteiger partial charge on any atom is -0.487 e. The Bertz CT molecular complexity index is 699. The number of hydrogen-bond acceptors (Lipinski definition) is 3. The van der Waals surface area contributed by atoms with Gasteiger partial charge in [-0.3, -0.25) is 4.79 Å². The average Bonchev–Trinajstić information content (AvgIpc) is 2.48. The van der Waals surface area contributed by atoms with E-state index in [1.807, 2.05) is 19.9 Å². The Morgan fingerprint density at radius 2 is 1.86 bits per heavy atom. The fraction of sp³-hybridized carbons (Fsp3) is 0.235.